The van der Waals surface area contributed by atoms with Gasteiger partial charge in [0.1, 0.15) is 11.6 Å². The van der Waals surface area contributed by atoms with Crippen molar-refractivity contribution in [2.45, 2.75) is 17.7 Å². The second-order valence-corrected chi connectivity index (χ2v) is 9.25. The highest BCUT2D eigenvalue weighted by Gasteiger charge is 2.21. The van der Waals surface area contributed by atoms with E-state index in [1.54, 1.807) is 36.7 Å². The molecule has 2 aromatic heterocycles. The minimum Gasteiger partial charge on any atom is -0.356 e. The van der Waals surface area contributed by atoms with Gasteiger partial charge in [-0.05, 0) is 49.2 Å². The summed E-state index contributed by atoms with van der Waals surface area (Å²) in [6.45, 7) is 1.62. The van der Waals surface area contributed by atoms with Gasteiger partial charge in [0.05, 0.1) is 11.0 Å². The predicted molar refractivity (Wildman–Crippen MR) is 113 cm³/mol. The minimum atomic E-state index is -3.22. The number of anilines is 3. The first-order valence-corrected chi connectivity index (χ1v) is 11.3. The smallest absolute Gasteiger partial charge is 0.175 e. The molecule has 0 unspecified atom stereocenters. The molecule has 1 saturated heterocycles. The number of hydrogen-bond donors (Lipinski definition) is 1. The first-order chi connectivity index (χ1) is 13.9. The second kappa shape index (κ2) is 7.68. The lowest BCUT2D eigenvalue weighted by Crippen LogP contribution is -2.33. The van der Waals surface area contributed by atoms with Gasteiger partial charge in [-0.1, -0.05) is 0 Å². The number of aromatic nitrogens is 2. The van der Waals surface area contributed by atoms with Crippen LogP contribution in [0.15, 0.2) is 53.7 Å². The first kappa shape index (κ1) is 19.2. The Hall–Kier alpha value is -3.18. The summed E-state index contributed by atoms with van der Waals surface area (Å²) in [4.78, 5) is 11.6. The largest absolute Gasteiger partial charge is 0.356 e. The topological polar surface area (TPSA) is 99.0 Å². The van der Waals surface area contributed by atoms with Gasteiger partial charge in [0.2, 0.25) is 0 Å². The fourth-order valence-electron chi connectivity index (χ4n) is 3.52. The van der Waals surface area contributed by atoms with E-state index in [-0.39, 0.29) is 10.8 Å². The average Bonchev–Trinajstić information content (AvgIpc) is 2.73. The third kappa shape index (κ3) is 4.15. The lowest BCUT2D eigenvalue weighted by atomic mass is 9.98. The van der Waals surface area contributed by atoms with Crippen LogP contribution in [-0.4, -0.2) is 37.7 Å². The van der Waals surface area contributed by atoms with E-state index in [4.69, 9.17) is 5.26 Å². The van der Waals surface area contributed by atoms with Crippen molar-refractivity contribution in [1.82, 2.24) is 9.97 Å². The number of hydrogen-bond acceptors (Lipinski definition) is 7. The molecule has 8 heteroatoms. The summed E-state index contributed by atoms with van der Waals surface area (Å²) >= 11 is 0. The molecule has 0 amide bonds. The number of fused-ring (bicyclic) bond motifs is 1. The summed E-state index contributed by atoms with van der Waals surface area (Å²) in [6, 6.07) is 12.8. The molecular weight excluding hydrogens is 386 g/mol. The number of sulfone groups is 1. The number of nitrogens with one attached hydrogen (secondary N) is 1. The van der Waals surface area contributed by atoms with Crippen LogP contribution in [0.5, 0.6) is 0 Å². The number of piperidine rings is 1. The highest BCUT2D eigenvalue weighted by Crippen LogP contribution is 2.30. The van der Waals surface area contributed by atoms with Crippen molar-refractivity contribution < 1.29 is 8.42 Å². The minimum absolute atomic E-state index is 0.120. The molecule has 3 heterocycles. The molecule has 29 heavy (non-hydrogen) atoms. The van der Waals surface area contributed by atoms with E-state index in [1.807, 2.05) is 12.1 Å². The first-order valence-electron chi connectivity index (χ1n) is 9.40. The highest BCUT2D eigenvalue weighted by molar-refractivity contribution is 7.90. The van der Waals surface area contributed by atoms with Crippen LogP contribution in [0, 0.1) is 17.2 Å². The lowest BCUT2D eigenvalue weighted by Gasteiger charge is -2.30. The van der Waals surface area contributed by atoms with Gasteiger partial charge in [0, 0.05) is 54.1 Å². The van der Waals surface area contributed by atoms with Crippen LogP contribution in [0.25, 0.3) is 10.8 Å². The molecule has 0 radical (unpaired) electrons. The van der Waals surface area contributed by atoms with Crippen LogP contribution < -0.4 is 10.2 Å². The Kier molecular flexibility index (Phi) is 5.07. The van der Waals surface area contributed by atoms with E-state index in [2.05, 4.69) is 26.3 Å². The van der Waals surface area contributed by atoms with Crippen LogP contribution >= 0.6 is 0 Å². The summed E-state index contributed by atoms with van der Waals surface area (Å²) in [7, 11) is -3.22. The molecule has 0 aliphatic carbocycles. The molecule has 1 fully saturated rings. The van der Waals surface area contributed by atoms with E-state index in [0.717, 1.165) is 48.2 Å². The molecule has 0 bridgehead atoms. The molecule has 0 atom stereocenters. The van der Waals surface area contributed by atoms with Gasteiger partial charge in [-0.15, -0.1) is 0 Å². The molecule has 0 spiro atoms. The Labute approximate surface area is 169 Å². The maximum Gasteiger partial charge on any atom is 0.175 e. The lowest BCUT2D eigenvalue weighted by molar-refractivity contribution is 0.486. The van der Waals surface area contributed by atoms with Crippen molar-refractivity contribution in [2.75, 3.05) is 29.6 Å². The summed E-state index contributed by atoms with van der Waals surface area (Å²) < 4.78 is 23.2. The summed E-state index contributed by atoms with van der Waals surface area (Å²) in [6.07, 6.45) is 6.46. The fraction of sp³-hybridized carbons (Fsp3) is 0.286. The van der Waals surface area contributed by atoms with Gasteiger partial charge in [0.15, 0.2) is 9.84 Å². The molecule has 0 saturated carbocycles. The number of pyridine rings is 2. The zero-order chi connectivity index (χ0) is 20.4. The SMILES string of the molecule is CS(=O)(=O)c1ccc(Nc2cc3c(N4CCC(C#N)CC4)nccc3cn2)cc1. The quantitative estimate of drug-likeness (QED) is 0.706. The van der Waals surface area contributed by atoms with Gasteiger partial charge in [-0.25, -0.2) is 18.4 Å². The predicted octanol–water partition coefficient (Wildman–Crippen LogP) is 3.52. The Balaban J connectivity index is 1.61. The Morgan fingerprint density at radius 1 is 1.14 bits per heavy atom. The van der Waals surface area contributed by atoms with E-state index in [1.165, 1.54) is 6.26 Å². The molecule has 1 aliphatic rings. The summed E-state index contributed by atoms with van der Waals surface area (Å²) in [5, 5.41) is 14.3. The van der Waals surface area contributed by atoms with E-state index < -0.39 is 9.84 Å². The fourth-order valence-corrected chi connectivity index (χ4v) is 4.15. The third-order valence-corrected chi connectivity index (χ3v) is 6.29. The molecule has 148 valence electrons. The number of nitrogens with zero attached hydrogens (tertiary/aromatic N) is 4. The van der Waals surface area contributed by atoms with Crippen LogP contribution in [-0.2, 0) is 9.84 Å². The van der Waals surface area contributed by atoms with Crippen molar-refractivity contribution in [2.24, 2.45) is 5.92 Å². The van der Waals surface area contributed by atoms with Gasteiger partial charge >= 0.3 is 0 Å². The zero-order valence-corrected chi connectivity index (χ0v) is 16.9. The van der Waals surface area contributed by atoms with Crippen LogP contribution in [0.3, 0.4) is 0 Å². The molecule has 1 aliphatic heterocycles. The Morgan fingerprint density at radius 2 is 1.86 bits per heavy atom. The van der Waals surface area contributed by atoms with Gasteiger partial charge < -0.3 is 10.2 Å². The van der Waals surface area contributed by atoms with Crippen molar-refractivity contribution in [3.05, 3.63) is 48.8 Å². The third-order valence-electron chi connectivity index (χ3n) is 5.16. The molecule has 7 nitrogen and oxygen atoms in total. The Bertz CT molecular complexity index is 1180. The monoisotopic (exact) mass is 407 g/mol. The van der Waals surface area contributed by atoms with Crippen molar-refractivity contribution >= 4 is 37.9 Å². The van der Waals surface area contributed by atoms with Gasteiger partial charge in [0.25, 0.3) is 0 Å². The van der Waals surface area contributed by atoms with Gasteiger partial charge in [-0.3, -0.25) is 0 Å². The number of nitriles is 1. The molecule has 4 rings (SSSR count). The number of benzene rings is 1. The van der Waals surface area contributed by atoms with Crippen molar-refractivity contribution in [3.8, 4) is 6.07 Å². The maximum absolute atomic E-state index is 11.6. The Morgan fingerprint density at radius 3 is 2.52 bits per heavy atom. The zero-order valence-electron chi connectivity index (χ0n) is 16.0. The second-order valence-electron chi connectivity index (χ2n) is 7.24. The van der Waals surface area contributed by atoms with Crippen molar-refractivity contribution in [1.29, 1.82) is 5.26 Å². The van der Waals surface area contributed by atoms with Gasteiger partial charge in [-0.2, -0.15) is 5.26 Å². The van der Waals surface area contributed by atoms with E-state index in [9.17, 15) is 8.42 Å². The van der Waals surface area contributed by atoms with Crippen molar-refractivity contribution in [3.63, 3.8) is 0 Å². The molecular formula is C21H21N5O2S. The standard InChI is InChI=1S/C21H21N5O2S/c1-29(27,28)18-4-2-17(3-5-18)25-20-12-19-16(14-24-20)6-9-23-21(19)26-10-7-15(13-22)8-11-26/h2-6,9,12,14-15H,7-8,10-11H2,1H3,(H,24,25). The van der Waals surface area contributed by atoms with Crippen LogP contribution in [0.4, 0.5) is 17.3 Å². The summed E-state index contributed by atoms with van der Waals surface area (Å²) in [5.41, 5.74) is 0.754. The van der Waals surface area contributed by atoms with E-state index >= 15 is 0 Å². The summed E-state index contributed by atoms with van der Waals surface area (Å²) in [5.74, 6) is 1.68. The van der Waals surface area contributed by atoms with Crippen LogP contribution in [0.2, 0.25) is 0 Å². The highest BCUT2D eigenvalue weighted by atomic mass is 32.2. The van der Waals surface area contributed by atoms with Crippen LogP contribution in [0.1, 0.15) is 12.8 Å². The normalized spacial score (nSPS) is 15.2. The number of rotatable bonds is 4. The maximum atomic E-state index is 11.6. The van der Waals surface area contributed by atoms with E-state index in [0.29, 0.717) is 5.82 Å². The molecule has 3 aromatic rings. The average molecular weight is 407 g/mol. The molecule has 1 N–H and O–H groups in total. The molecule has 1 aromatic carbocycles.